The van der Waals surface area contributed by atoms with Crippen LogP contribution in [-0.2, 0) is 20.9 Å². The molecular weight excluding hydrogens is 538 g/mol. The number of amides is 6. The van der Waals surface area contributed by atoms with Gasteiger partial charge in [0.05, 0.1) is 6.42 Å². The number of nitrogens with zero attached hydrogens (tertiary/aromatic N) is 2. The van der Waals surface area contributed by atoms with Crippen LogP contribution in [-0.4, -0.2) is 62.4 Å². The van der Waals surface area contributed by atoms with Crippen LogP contribution in [0.25, 0.3) is 0 Å². The molecule has 0 aromatic heterocycles. The van der Waals surface area contributed by atoms with E-state index in [1.165, 1.54) is 0 Å². The minimum absolute atomic E-state index is 0.00356. The van der Waals surface area contributed by atoms with Crippen LogP contribution in [0.15, 0.2) is 54.6 Å². The van der Waals surface area contributed by atoms with Crippen molar-refractivity contribution in [1.29, 1.82) is 0 Å². The maximum absolute atomic E-state index is 14.0. The van der Waals surface area contributed by atoms with Gasteiger partial charge in [-0.3, -0.25) is 14.4 Å². The fourth-order valence-corrected chi connectivity index (χ4v) is 5.80. The minimum atomic E-state index is -1.05. The molecule has 42 heavy (non-hydrogen) atoms. The van der Waals surface area contributed by atoms with Crippen molar-refractivity contribution in [2.75, 3.05) is 10.6 Å². The van der Waals surface area contributed by atoms with Crippen LogP contribution in [0, 0.1) is 5.92 Å². The maximum Gasteiger partial charge on any atom is 0.328 e. The number of urea groups is 2. The van der Waals surface area contributed by atoms with Gasteiger partial charge < -0.3 is 26.0 Å². The van der Waals surface area contributed by atoms with E-state index in [-0.39, 0.29) is 37.2 Å². The molecule has 0 bridgehead atoms. The third-order valence-electron chi connectivity index (χ3n) is 7.76. The number of carboxylic acid groups (broad SMARTS) is 1. The quantitative estimate of drug-likeness (QED) is 0.282. The summed E-state index contributed by atoms with van der Waals surface area (Å²) in [5.74, 6) is -1.94. The van der Waals surface area contributed by atoms with Gasteiger partial charge in [-0.15, -0.1) is 0 Å². The molecule has 1 saturated heterocycles. The van der Waals surface area contributed by atoms with E-state index >= 15 is 0 Å². The van der Waals surface area contributed by atoms with Gasteiger partial charge in [-0.2, -0.15) is 0 Å². The van der Waals surface area contributed by atoms with Gasteiger partial charge in [0.1, 0.15) is 11.6 Å². The van der Waals surface area contributed by atoms with E-state index in [0.29, 0.717) is 24.2 Å². The molecule has 11 heteroatoms. The van der Waals surface area contributed by atoms with Gasteiger partial charge >= 0.3 is 18.0 Å². The fourth-order valence-electron chi connectivity index (χ4n) is 5.80. The number of para-hydroxylation sites is 1. The Balaban J connectivity index is 1.51. The highest BCUT2D eigenvalue weighted by molar-refractivity contribution is 6.10. The molecule has 2 aromatic rings. The van der Waals surface area contributed by atoms with E-state index in [4.69, 9.17) is 5.11 Å². The molecule has 1 saturated carbocycles. The SMILES string of the molecule is CC(C)C[C@@H](C(=O)N[C@H](C)CC(=O)O)N1C(=O)N(Cc2ccc(NC(=O)Nc3ccccc3)cc2)C2(CCCC2)C1=O. The van der Waals surface area contributed by atoms with Crippen molar-refractivity contribution in [3.8, 4) is 0 Å². The first-order valence-corrected chi connectivity index (χ1v) is 14.4. The van der Waals surface area contributed by atoms with Crippen LogP contribution in [0.1, 0.15) is 64.9 Å². The minimum Gasteiger partial charge on any atom is -0.481 e. The van der Waals surface area contributed by atoms with E-state index in [2.05, 4.69) is 16.0 Å². The summed E-state index contributed by atoms with van der Waals surface area (Å²) in [6, 6.07) is 13.5. The molecule has 2 aromatic carbocycles. The second-order valence-corrected chi connectivity index (χ2v) is 11.6. The molecule has 6 amide bonds. The molecule has 0 unspecified atom stereocenters. The highest BCUT2D eigenvalue weighted by Crippen LogP contribution is 2.44. The van der Waals surface area contributed by atoms with E-state index in [0.717, 1.165) is 23.3 Å². The third kappa shape index (κ3) is 6.89. The van der Waals surface area contributed by atoms with Gasteiger partial charge in [0.2, 0.25) is 5.91 Å². The zero-order valence-corrected chi connectivity index (χ0v) is 24.3. The van der Waals surface area contributed by atoms with Gasteiger partial charge in [-0.05, 0) is 61.9 Å². The van der Waals surface area contributed by atoms with Crippen molar-refractivity contribution in [3.63, 3.8) is 0 Å². The Kier molecular flexibility index (Phi) is 9.49. The summed E-state index contributed by atoms with van der Waals surface area (Å²) >= 11 is 0. The lowest BCUT2D eigenvalue weighted by Crippen LogP contribution is -2.53. The van der Waals surface area contributed by atoms with Crippen LogP contribution in [0.5, 0.6) is 0 Å². The highest BCUT2D eigenvalue weighted by Gasteiger charge is 2.60. The molecule has 2 atom stereocenters. The summed E-state index contributed by atoms with van der Waals surface area (Å²) in [4.78, 5) is 67.5. The van der Waals surface area contributed by atoms with Crippen molar-refractivity contribution in [2.24, 2.45) is 5.92 Å². The number of aliphatic carboxylic acids is 1. The number of imide groups is 1. The number of hydrogen-bond acceptors (Lipinski definition) is 5. The van der Waals surface area contributed by atoms with Crippen molar-refractivity contribution >= 4 is 41.2 Å². The molecule has 1 aliphatic carbocycles. The average molecular weight is 578 g/mol. The number of hydrogen-bond donors (Lipinski definition) is 4. The zero-order valence-electron chi connectivity index (χ0n) is 24.3. The van der Waals surface area contributed by atoms with E-state index in [1.807, 2.05) is 32.0 Å². The van der Waals surface area contributed by atoms with Crippen LogP contribution in [0.4, 0.5) is 21.0 Å². The largest absolute Gasteiger partial charge is 0.481 e. The molecular formula is C31H39N5O6. The number of nitrogens with one attached hydrogen (secondary N) is 3. The lowest BCUT2D eigenvalue weighted by Gasteiger charge is -2.31. The molecule has 2 fully saturated rings. The second kappa shape index (κ2) is 13.1. The molecule has 1 spiro atoms. The Morgan fingerprint density at radius 1 is 0.905 bits per heavy atom. The summed E-state index contributed by atoms with van der Waals surface area (Å²) in [6.07, 6.45) is 2.60. The molecule has 1 aliphatic heterocycles. The van der Waals surface area contributed by atoms with Crippen molar-refractivity contribution in [3.05, 3.63) is 60.2 Å². The molecule has 0 radical (unpaired) electrons. The monoisotopic (exact) mass is 577 g/mol. The summed E-state index contributed by atoms with van der Waals surface area (Å²) in [5, 5.41) is 17.3. The lowest BCUT2D eigenvalue weighted by molar-refractivity contribution is -0.141. The number of rotatable bonds is 11. The van der Waals surface area contributed by atoms with Crippen molar-refractivity contribution in [2.45, 2.75) is 83.5 Å². The average Bonchev–Trinajstić information content (AvgIpc) is 3.49. The Bertz CT molecular complexity index is 1310. The van der Waals surface area contributed by atoms with Crippen LogP contribution < -0.4 is 16.0 Å². The van der Waals surface area contributed by atoms with E-state index in [1.54, 1.807) is 48.2 Å². The molecule has 224 valence electrons. The zero-order chi connectivity index (χ0) is 30.4. The van der Waals surface area contributed by atoms with Crippen LogP contribution >= 0.6 is 0 Å². The van der Waals surface area contributed by atoms with Crippen molar-refractivity contribution in [1.82, 2.24) is 15.1 Å². The number of anilines is 2. The standard InChI is InChI=1S/C31H39N5O6/c1-20(2)17-25(27(39)32-21(3)18-26(37)38)36-28(40)31(15-7-8-16-31)35(30(36)42)19-22-11-13-24(14-12-22)34-29(41)33-23-9-5-4-6-10-23/h4-6,9-14,20-21,25H,7-8,15-19H2,1-3H3,(H,32,39)(H,37,38)(H2,33,34,41)/t21-,25+/m1/s1. The summed E-state index contributed by atoms with van der Waals surface area (Å²) in [6.45, 7) is 5.57. The summed E-state index contributed by atoms with van der Waals surface area (Å²) < 4.78 is 0. The predicted molar refractivity (Wildman–Crippen MR) is 158 cm³/mol. The molecule has 1 heterocycles. The number of benzene rings is 2. The predicted octanol–water partition coefficient (Wildman–Crippen LogP) is 4.80. The Morgan fingerprint density at radius 3 is 2.07 bits per heavy atom. The van der Waals surface area contributed by atoms with Gasteiger partial charge in [0.15, 0.2) is 0 Å². The van der Waals surface area contributed by atoms with Crippen molar-refractivity contribution < 1.29 is 29.1 Å². The maximum atomic E-state index is 14.0. The van der Waals surface area contributed by atoms with Crippen LogP contribution in [0.2, 0.25) is 0 Å². The molecule has 4 N–H and O–H groups in total. The van der Waals surface area contributed by atoms with Crippen LogP contribution in [0.3, 0.4) is 0 Å². The second-order valence-electron chi connectivity index (χ2n) is 11.6. The molecule has 2 aliphatic rings. The van der Waals surface area contributed by atoms with E-state index < -0.39 is 35.5 Å². The number of carboxylic acids is 1. The first-order chi connectivity index (χ1) is 20.0. The highest BCUT2D eigenvalue weighted by atomic mass is 16.4. The van der Waals surface area contributed by atoms with Gasteiger partial charge in [-0.25, -0.2) is 14.5 Å². The Morgan fingerprint density at radius 2 is 1.50 bits per heavy atom. The summed E-state index contributed by atoms with van der Waals surface area (Å²) in [5.41, 5.74) is 0.984. The first kappa shape index (κ1) is 30.5. The lowest BCUT2D eigenvalue weighted by atomic mass is 9.94. The normalized spacial score (nSPS) is 17.4. The van der Waals surface area contributed by atoms with Gasteiger partial charge in [0, 0.05) is 24.0 Å². The third-order valence-corrected chi connectivity index (χ3v) is 7.76. The number of carbonyl (C=O) groups excluding carboxylic acids is 4. The summed E-state index contributed by atoms with van der Waals surface area (Å²) in [7, 11) is 0. The topological polar surface area (TPSA) is 148 Å². The Labute approximate surface area is 245 Å². The van der Waals surface area contributed by atoms with Gasteiger partial charge in [-0.1, -0.05) is 57.0 Å². The van der Waals surface area contributed by atoms with E-state index in [9.17, 15) is 24.0 Å². The Hall–Kier alpha value is -4.41. The fraction of sp³-hybridized carbons (Fsp3) is 0.452. The smallest absolute Gasteiger partial charge is 0.328 e. The molecule has 4 rings (SSSR count). The van der Waals surface area contributed by atoms with Gasteiger partial charge in [0.25, 0.3) is 5.91 Å². The molecule has 11 nitrogen and oxygen atoms in total. The number of carbonyl (C=O) groups is 5. The first-order valence-electron chi connectivity index (χ1n) is 14.4.